The number of rotatable bonds is 0. The van der Waals surface area contributed by atoms with E-state index in [1.807, 2.05) is 0 Å². The zero-order valence-corrected chi connectivity index (χ0v) is 8.38. The standard InChI is InChI=1S/C7H9NO6S/c9-4-1-8-3(2-12-7(8)10)5-6(4)14-15(11)13-5/h3-6,9H,1-2H2. The zero-order chi connectivity index (χ0) is 10.6. The summed E-state index contributed by atoms with van der Waals surface area (Å²) in [6, 6.07) is -0.308. The molecule has 84 valence electrons. The van der Waals surface area contributed by atoms with Gasteiger partial charge in [-0.1, -0.05) is 0 Å². The van der Waals surface area contributed by atoms with Gasteiger partial charge in [-0.3, -0.25) is 13.3 Å². The molecule has 7 nitrogen and oxygen atoms in total. The molecule has 0 bridgehead atoms. The highest BCUT2D eigenvalue weighted by Crippen LogP contribution is 2.33. The van der Waals surface area contributed by atoms with Crippen molar-refractivity contribution in [1.29, 1.82) is 0 Å². The molecular weight excluding hydrogens is 226 g/mol. The maximum atomic E-state index is 11.2. The van der Waals surface area contributed by atoms with Crippen molar-refractivity contribution in [3.05, 3.63) is 0 Å². The smallest absolute Gasteiger partial charge is 0.410 e. The Bertz CT molecular complexity index is 335. The Kier molecular flexibility index (Phi) is 2.00. The van der Waals surface area contributed by atoms with Crippen LogP contribution in [0.4, 0.5) is 4.79 Å². The van der Waals surface area contributed by atoms with Crippen LogP contribution in [-0.4, -0.2) is 57.8 Å². The van der Waals surface area contributed by atoms with Crippen molar-refractivity contribution in [2.45, 2.75) is 24.4 Å². The van der Waals surface area contributed by atoms with Crippen LogP contribution in [-0.2, 0) is 24.5 Å². The van der Waals surface area contributed by atoms with Gasteiger partial charge in [0, 0.05) is 0 Å². The number of cyclic esters (lactones) is 1. The number of amides is 1. The molecule has 3 heterocycles. The first-order valence-corrected chi connectivity index (χ1v) is 5.54. The van der Waals surface area contributed by atoms with Crippen molar-refractivity contribution >= 4 is 17.5 Å². The SMILES string of the molecule is O=C1OCC2C3OS(=O)OC3C(O)CN12. The molecule has 0 aromatic heterocycles. The van der Waals surface area contributed by atoms with Gasteiger partial charge in [0.25, 0.3) is 0 Å². The van der Waals surface area contributed by atoms with Gasteiger partial charge < -0.3 is 9.84 Å². The molecule has 0 radical (unpaired) electrons. The molecule has 3 saturated heterocycles. The van der Waals surface area contributed by atoms with Gasteiger partial charge in [-0.2, -0.15) is 4.21 Å². The minimum Gasteiger partial charge on any atom is -0.447 e. The highest BCUT2D eigenvalue weighted by atomic mass is 32.2. The van der Waals surface area contributed by atoms with Crippen molar-refractivity contribution in [1.82, 2.24) is 4.90 Å². The molecule has 8 heteroatoms. The van der Waals surface area contributed by atoms with Crippen molar-refractivity contribution in [2.24, 2.45) is 0 Å². The van der Waals surface area contributed by atoms with Crippen LogP contribution in [0.15, 0.2) is 0 Å². The van der Waals surface area contributed by atoms with E-state index in [-0.39, 0.29) is 19.2 Å². The van der Waals surface area contributed by atoms with Crippen LogP contribution in [0.25, 0.3) is 0 Å². The van der Waals surface area contributed by atoms with Gasteiger partial charge in [-0.25, -0.2) is 4.79 Å². The second-order valence-electron chi connectivity index (χ2n) is 3.69. The van der Waals surface area contributed by atoms with E-state index >= 15 is 0 Å². The minimum atomic E-state index is -1.84. The van der Waals surface area contributed by atoms with Gasteiger partial charge in [0.05, 0.1) is 12.6 Å². The molecule has 3 aliphatic rings. The van der Waals surface area contributed by atoms with Crippen molar-refractivity contribution < 1.29 is 27.2 Å². The fraction of sp³-hybridized carbons (Fsp3) is 0.857. The summed E-state index contributed by atoms with van der Waals surface area (Å²) >= 11 is -1.84. The lowest BCUT2D eigenvalue weighted by atomic mass is 9.95. The summed E-state index contributed by atoms with van der Waals surface area (Å²) in [6.45, 7) is 0.318. The van der Waals surface area contributed by atoms with Crippen LogP contribution < -0.4 is 0 Å². The molecule has 3 aliphatic heterocycles. The number of ether oxygens (including phenoxy) is 1. The van der Waals surface area contributed by atoms with E-state index < -0.39 is 35.8 Å². The predicted octanol–water partition coefficient (Wildman–Crippen LogP) is -1.46. The lowest BCUT2D eigenvalue weighted by Gasteiger charge is -2.36. The van der Waals surface area contributed by atoms with Crippen molar-refractivity contribution in [2.75, 3.05) is 13.2 Å². The topological polar surface area (TPSA) is 85.3 Å². The molecule has 3 rings (SSSR count). The average molecular weight is 235 g/mol. The fourth-order valence-corrected chi connectivity index (χ4v) is 3.02. The number of aliphatic hydroxyl groups is 1. The Hall–Kier alpha value is -0.700. The number of carbonyl (C=O) groups is 1. The Morgan fingerprint density at radius 2 is 2.13 bits per heavy atom. The number of piperidine rings is 1. The van der Waals surface area contributed by atoms with E-state index in [0.29, 0.717) is 0 Å². The van der Waals surface area contributed by atoms with Crippen molar-refractivity contribution in [3.8, 4) is 0 Å². The summed E-state index contributed by atoms with van der Waals surface area (Å²) < 4.78 is 25.8. The summed E-state index contributed by atoms with van der Waals surface area (Å²) in [5, 5.41) is 9.67. The van der Waals surface area contributed by atoms with E-state index in [9.17, 15) is 14.1 Å². The predicted molar refractivity (Wildman–Crippen MR) is 45.7 cm³/mol. The summed E-state index contributed by atoms with van der Waals surface area (Å²) in [4.78, 5) is 12.6. The summed E-state index contributed by atoms with van der Waals surface area (Å²) in [6.07, 6.45) is -2.57. The molecular formula is C7H9NO6S. The summed E-state index contributed by atoms with van der Waals surface area (Å²) in [7, 11) is 0. The zero-order valence-electron chi connectivity index (χ0n) is 7.57. The lowest BCUT2D eigenvalue weighted by molar-refractivity contribution is -0.0535. The molecule has 0 aromatic carbocycles. The third-order valence-corrected chi connectivity index (χ3v) is 3.62. The average Bonchev–Trinajstić information content (AvgIpc) is 2.71. The molecule has 0 spiro atoms. The van der Waals surface area contributed by atoms with E-state index in [4.69, 9.17) is 13.1 Å². The Labute approximate surface area is 87.8 Å². The largest absolute Gasteiger partial charge is 0.447 e. The first kappa shape index (κ1) is 9.52. The number of fused-ring (bicyclic) bond motifs is 3. The van der Waals surface area contributed by atoms with Gasteiger partial charge in [-0.15, -0.1) is 0 Å². The van der Waals surface area contributed by atoms with Crippen LogP contribution in [0.2, 0.25) is 0 Å². The van der Waals surface area contributed by atoms with Crippen LogP contribution in [0.3, 0.4) is 0 Å². The third-order valence-electron chi connectivity index (χ3n) is 2.86. The molecule has 1 amide bonds. The molecule has 5 atom stereocenters. The highest BCUT2D eigenvalue weighted by molar-refractivity contribution is 7.75. The number of nitrogens with zero attached hydrogens (tertiary/aromatic N) is 1. The highest BCUT2D eigenvalue weighted by Gasteiger charge is 2.55. The maximum absolute atomic E-state index is 11.2. The molecule has 15 heavy (non-hydrogen) atoms. The van der Waals surface area contributed by atoms with E-state index in [1.54, 1.807) is 0 Å². The minimum absolute atomic E-state index is 0.130. The first-order valence-electron chi connectivity index (χ1n) is 4.54. The third kappa shape index (κ3) is 1.29. The Balaban J connectivity index is 1.90. The second-order valence-corrected chi connectivity index (χ2v) is 4.48. The van der Waals surface area contributed by atoms with Crippen molar-refractivity contribution in [3.63, 3.8) is 0 Å². The Morgan fingerprint density at radius 3 is 2.93 bits per heavy atom. The van der Waals surface area contributed by atoms with E-state index in [2.05, 4.69) is 0 Å². The number of aliphatic hydroxyl groups excluding tert-OH is 1. The van der Waals surface area contributed by atoms with Gasteiger partial charge in [0.15, 0.2) is 0 Å². The molecule has 5 unspecified atom stereocenters. The lowest BCUT2D eigenvalue weighted by Crippen LogP contribution is -2.59. The number of carbonyl (C=O) groups excluding carboxylic acids is 1. The fourth-order valence-electron chi connectivity index (χ4n) is 2.13. The van der Waals surface area contributed by atoms with Gasteiger partial charge in [0.1, 0.15) is 24.9 Å². The molecule has 0 saturated carbocycles. The van der Waals surface area contributed by atoms with E-state index in [0.717, 1.165) is 0 Å². The summed E-state index contributed by atoms with van der Waals surface area (Å²) in [5.74, 6) is 0. The first-order chi connectivity index (χ1) is 7.16. The monoisotopic (exact) mass is 235 g/mol. The second kappa shape index (κ2) is 3.14. The van der Waals surface area contributed by atoms with Crippen LogP contribution >= 0.6 is 0 Å². The number of hydrogen-bond acceptors (Lipinski definition) is 6. The van der Waals surface area contributed by atoms with Gasteiger partial charge >= 0.3 is 17.5 Å². The van der Waals surface area contributed by atoms with Crippen LogP contribution in [0, 0.1) is 0 Å². The summed E-state index contributed by atoms with van der Waals surface area (Å²) in [5.41, 5.74) is 0. The van der Waals surface area contributed by atoms with Gasteiger partial charge in [0.2, 0.25) is 0 Å². The molecule has 0 aromatic rings. The normalized spacial score (nSPS) is 48.7. The Morgan fingerprint density at radius 1 is 1.40 bits per heavy atom. The van der Waals surface area contributed by atoms with Crippen LogP contribution in [0.1, 0.15) is 0 Å². The maximum Gasteiger partial charge on any atom is 0.410 e. The van der Waals surface area contributed by atoms with Crippen LogP contribution in [0.5, 0.6) is 0 Å². The molecule has 1 N–H and O–H groups in total. The number of hydrogen-bond donors (Lipinski definition) is 1. The quantitative estimate of drug-likeness (QED) is 0.552. The molecule has 0 aliphatic carbocycles. The van der Waals surface area contributed by atoms with Gasteiger partial charge in [-0.05, 0) is 0 Å². The van der Waals surface area contributed by atoms with E-state index in [1.165, 1.54) is 4.90 Å². The molecule has 3 fully saturated rings.